The number of rotatable bonds is 4. The van der Waals surface area contributed by atoms with Crippen LogP contribution < -0.4 is 0 Å². The van der Waals surface area contributed by atoms with Gasteiger partial charge in [0.15, 0.2) is 0 Å². The first-order valence-electron chi connectivity index (χ1n) is 6.31. The van der Waals surface area contributed by atoms with Crippen molar-refractivity contribution in [2.75, 3.05) is 39.3 Å². The predicted octanol–water partition coefficient (Wildman–Crippen LogP) is 1.42. The van der Waals surface area contributed by atoms with E-state index in [0.29, 0.717) is 12.6 Å². The molecular formula is C12H28N2O. The number of nitrogens with zero attached hydrogens (tertiary/aromatic N) is 2. The van der Waals surface area contributed by atoms with Crippen LogP contribution in [0.25, 0.3) is 0 Å². The molecule has 0 aromatic heterocycles. The van der Waals surface area contributed by atoms with Crippen LogP contribution in [0.4, 0.5) is 0 Å². The fraction of sp³-hybridized carbons (Fsp3) is 1.00. The molecule has 0 unspecified atom stereocenters. The Kier molecular flexibility index (Phi) is 9.06. The van der Waals surface area contributed by atoms with E-state index >= 15 is 0 Å². The van der Waals surface area contributed by atoms with Gasteiger partial charge >= 0.3 is 0 Å². The van der Waals surface area contributed by atoms with Crippen LogP contribution in [0.15, 0.2) is 0 Å². The van der Waals surface area contributed by atoms with Crippen molar-refractivity contribution in [1.29, 1.82) is 0 Å². The topological polar surface area (TPSA) is 26.7 Å². The minimum Gasteiger partial charge on any atom is -0.396 e. The van der Waals surface area contributed by atoms with Gasteiger partial charge < -0.3 is 10.0 Å². The highest BCUT2D eigenvalue weighted by molar-refractivity contribution is 4.73. The molecule has 1 heterocycles. The van der Waals surface area contributed by atoms with E-state index < -0.39 is 0 Å². The maximum atomic E-state index is 8.70. The summed E-state index contributed by atoms with van der Waals surface area (Å²) in [5.74, 6) is 0. The van der Waals surface area contributed by atoms with Crippen molar-refractivity contribution in [3.8, 4) is 0 Å². The molecule has 92 valence electrons. The summed E-state index contributed by atoms with van der Waals surface area (Å²) >= 11 is 0. The summed E-state index contributed by atoms with van der Waals surface area (Å²) in [6, 6.07) is 0.681. The van der Waals surface area contributed by atoms with Crippen molar-refractivity contribution in [2.24, 2.45) is 0 Å². The van der Waals surface area contributed by atoms with Crippen LogP contribution >= 0.6 is 0 Å². The molecule has 0 saturated carbocycles. The quantitative estimate of drug-likeness (QED) is 0.770. The van der Waals surface area contributed by atoms with Gasteiger partial charge in [-0.25, -0.2) is 0 Å². The lowest BCUT2D eigenvalue weighted by Gasteiger charge is -2.36. The van der Waals surface area contributed by atoms with Gasteiger partial charge in [-0.15, -0.1) is 0 Å². The predicted molar refractivity (Wildman–Crippen MR) is 66.2 cm³/mol. The minimum atomic E-state index is 0.324. The molecule has 0 spiro atoms. The van der Waals surface area contributed by atoms with Gasteiger partial charge in [0.1, 0.15) is 0 Å². The molecule has 15 heavy (non-hydrogen) atoms. The Balaban J connectivity index is 0.000000921. The highest BCUT2D eigenvalue weighted by Crippen LogP contribution is 2.05. The third-order valence-corrected chi connectivity index (χ3v) is 2.77. The van der Waals surface area contributed by atoms with Crippen molar-refractivity contribution in [3.63, 3.8) is 0 Å². The first-order chi connectivity index (χ1) is 7.24. The van der Waals surface area contributed by atoms with E-state index in [1.807, 2.05) is 13.8 Å². The first kappa shape index (κ1) is 14.9. The number of piperazine rings is 1. The van der Waals surface area contributed by atoms with E-state index in [1.165, 1.54) is 13.1 Å². The van der Waals surface area contributed by atoms with Crippen LogP contribution in [0.5, 0.6) is 0 Å². The molecule has 0 aromatic rings. The van der Waals surface area contributed by atoms with E-state index in [2.05, 4.69) is 23.6 Å². The number of hydrogen-bond acceptors (Lipinski definition) is 3. The highest BCUT2D eigenvalue weighted by Gasteiger charge is 2.17. The van der Waals surface area contributed by atoms with Crippen LogP contribution in [0.3, 0.4) is 0 Å². The van der Waals surface area contributed by atoms with Crippen LogP contribution in [0.1, 0.15) is 34.1 Å². The lowest BCUT2D eigenvalue weighted by molar-refractivity contribution is 0.103. The molecule has 3 nitrogen and oxygen atoms in total. The minimum absolute atomic E-state index is 0.324. The summed E-state index contributed by atoms with van der Waals surface area (Å²) in [5, 5.41) is 8.70. The largest absolute Gasteiger partial charge is 0.396 e. The molecule has 1 fully saturated rings. The smallest absolute Gasteiger partial charge is 0.0443 e. The van der Waals surface area contributed by atoms with Crippen LogP contribution in [-0.2, 0) is 0 Å². The molecule has 1 N–H and O–H groups in total. The van der Waals surface area contributed by atoms with Gasteiger partial charge in [-0.2, -0.15) is 0 Å². The third kappa shape index (κ3) is 6.13. The Morgan fingerprint density at radius 3 is 2.00 bits per heavy atom. The maximum Gasteiger partial charge on any atom is 0.0443 e. The summed E-state index contributed by atoms with van der Waals surface area (Å²) in [6.07, 6.45) is 0.918. The van der Waals surface area contributed by atoms with Gasteiger partial charge in [0.2, 0.25) is 0 Å². The lowest BCUT2D eigenvalue weighted by Crippen LogP contribution is -2.49. The first-order valence-corrected chi connectivity index (χ1v) is 6.31. The summed E-state index contributed by atoms with van der Waals surface area (Å²) < 4.78 is 0. The van der Waals surface area contributed by atoms with Crippen molar-refractivity contribution in [3.05, 3.63) is 0 Å². The second kappa shape index (κ2) is 9.13. The van der Waals surface area contributed by atoms with Gasteiger partial charge in [-0.05, 0) is 20.3 Å². The van der Waals surface area contributed by atoms with Gasteiger partial charge in [0.05, 0.1) is 0 Å². The molecule has 0 radical (unpaired) electrons. The molecule has 1 saturated heterocycles. The van der Waals surface area contributed by atoms with Crippen molar-refractivity contribution in [1.82, 2.24) is 9.80 Å². The van der Waals surface area contributed by atoms with Crippen molar-refractivity contribution < 1.29 is 5.11 Å². The molecule has 0 aromatic carbocycles. The molecule has 1 aliphatic rings. The van der Waals surface area contributed by atoms with Crippen LogP contribution in [-0.4, -0.2) is 60.3 Å². The molecule has 1 aliphatic heterocycles. The molecule has 1 rings (SSSR count). The van der Waals surface area contributed by atoms with E-state index in [9.17, 15) is 0 Å². The fourth-order valence-corrected chi connectivity index (χ4v) is 1.80. The van der Waals surface area contributed by atoms with Gasteiger partial charge in [-0.1, -0.05) is 13.8 Å². The fourth-order valence-electron chi connectivity index (χ4n) is 1.80. The van der Waals surface area contributed by atoms with Crippen molar-refractivity contribution >= 4 is 0 Å². The van der Waals surface area contributed by atoms with Gasteiger partial charge in [-0.3, -0.25) is 4.90 Å². The summed E-state index contributed by atoms with van der Waals surface area (Å²) in [6.45, 7) is 14.6. The molecular weight excluding hydrogens is 188 g/mol. The van der Waals surface area contributed by atoms with E-state index in [-0.39, 0.29) is 0 Å². The van der Waals surface area contributed by atoms with E-state index in [1.54, 1.807) is 0 Å². The van der Waals surface area contributed by atoms with Crippen molar-refractivity contribution in [2.45, 2.75) is 40.2 Å². The average molecular weight is 216 g/mol. The normalized spacial score (nSPS) is 18.8. The zero-order valence-electron chi connectivity index (χ0n) is 10.9. The summed E-state index contributed by atoms with van der Waals surface area (Å²) in [5.41, 5.74) is 0. The third-order valence-electron chi connectivity index (χ3n) is 2.77. The average Bonchev–Trinajstić information content (AvgIpc) is 2.29. The number of aliphatic hydroxyl groups is 1. The van der Waals surface area contributed by atoms with Gasteiger partial charge in [0.25, 0.3) is 0 Å². The molecule has 0 atom stereocenters. The SMILES string of the molecule is CC.CC(C)N1CCN(CCCO)CC1. The monoisotopic (exact) mass is 216 g/mol. The molecule has 0 aliphatic carbocycles. The summed E-state index contributed by atoms with van der Waals surface area (Å²) in [4.78, 5) is 4.95. The Morgan fingerprint density at radius 2 is 1.60 bits per heavy atom. The number of hydrogen-bond donors (Lipinski definition) is 1. The Hall–Kier alpha value is -0.120. The Bertz CT molecular complexity index is 132. The highest BCUT2D eigenvalue weighted by atomic mass is 16.3. The molecule has 0 bridgehead atoms. The Labute approximate surface area is 95.1 Å². The van der Waals surface area contributed by atoms with E-state index in [4.69, 9.17) is 5.11 Å². The zero-order valence-corrected chi connectivity index (χ0v) is 10.9. The van der Waals surface area contributed by atoms with Crippen LogP contribution in [0.2, 0.25) is 0 Å². The lowest BCUT2D eigenvalue weighted by atomic mass is 10.2. The van der Waals surface area contributed by atoms with Crippen LogP contribution in [0, 0.1) is 0 Å². The Morgan fingerprint density at radius 1 is 1.07 bits per heavy atom. The second-order valence-corrected chi connectivity index (χ2v) is 4.05. The summed E-state index contributed by atoms with van der Waals surface area (Å²) in [7, 11) is 0. The van der Waals surface area contributed by atoms with Gasteiger partial charge in [0, 0.05) is 45.4 Å². The zero-order chi connectivity index (χ0) is 11.7. The molecule has 0 amide bonds. The number of aliphatic hydroxyl groups excluding tert-OH is 1. The van der Waals surface area contributed by atoms with E-state index in [0.717, 1.165) is 26.1 Å². The second-order valence-electron chi connectivity index (χ2n) is 4.05. The standard InChI is InChI=1S/C10H22N2O.C2H6/c1-10(2)12-7-5-11(6-8-12)4-3-9-13;1-2/h10,13H,3-9H2,1-2H3;1-2H3. The molecule has 3 heteroatoms. The maximum absolute atomic E-state index is 8.70.